The second-order valence-corrected chi connectivity index (χ2v) is 3.82. The zero-order valence-corrected chi connectivity index (χ0v) is 10.1. The Balaban J connectivity index is 3.06. The fourth-order valence-corrected chi connectivity index (χ4v) is 1.29. The van der Waals surface area contributed by atoms with Crippen molar-refractivity contribution in [3.63, 3.8) is 0 Å². The Kier molecular flexibility index (Phi) is 4.23. The van der Waals surface area contributed by atoms with Gasteiger partial charge in [-0.05, 0) is 26.0 Å². The van der Waals surface area contributed by atoms with Crippen LogP contribution in [0.5, 0.6) is 0 Å². The number of benzene rings is 1. The number of methoxy groups -OCH3 is 1. The predicted octanol–water partition coefficient (Wildman–Crippen LogP) is 1.07. The molecule has 0 fully saturated rings. The van der Waals surface area contributed by atoms with Crippen LogP contribution in [0.2, 0.25) is 0 Å². The molecule has 5 heteroatoms. The number of hydrogen-bond acceptors (Lipinski definition) is 4. The van der Waals surface area contributed by atoms with Crippen LogP contribution in [0, 0.1) is 6.92 Å². The van der Waals surface area contributed by atoms with Crippen LogP contribution in [0.3, 0.4) is 0 Å². The second kappa shape index (κ2) is 5.45. The Hall–Kier alpha value is -1.88. The van der Waals surface area contributed by atoms with Crippen LogP contribution in [0.1, 0.15) is 22.8 Å². The number of hydrogen-bond donors (Lipinski definition) is 2. The summed E-state index contributed by atoms with van der Waals surface area (Å²) in [5.74, 6) is -0.840. The number of amides is 1. The van der Waals surface area contributed by atoms with Crippen LogP contribution in [0.25, 0.3) is 0 Å². The summed E-state index contributed by atoms with van der Waals surface area (Å²) < 4.78 is 4.65. The minimum atomic E-state index is -0.637. The van der Waals surface area contributed by atoms with Gasteiger partial charge in [-0.15, -0.1) is 0 Å². The van der Waals surface area contributed by atoms with E-state index in [0.717, 1.165) is 5.56 Å². The number of nitrogens with two attached hydrogens (primary N) is 1. The lowest BCUT2D eigenvalue weighted by Gasteiger charge is -2.12. The van der Waals surface area contributed by atoms with Gasteiger partial charge in [-0.3, -0.25) is 4.79 Å². The Bertz CT molecular complexity index is 441. The molecule has 0 aromatic heterocycles. The fraction of sp³-hybridized carbons (Fsp3) is 0.333. The van der Waals surface area contributed by atoms with Crippen LogP contribution in [0.4, 0.5) is 5.69 Å². The third kappa shape index (κ3) is 3.29. The van der Waals surface area contributed by atoms with Crippen molar-refractivity contribution in [3.05, 3.63) is 29.3 Å². The number of carbonyl (C=O) groups is 2. The van der Waals surface area contributed by atoms with Crippen LogP contribution in [-0.4, -0.2) is 25.0 Å². The molecule has 1 aromatic rings. The standard InChI is InChI=1S/C12H16N2O3/c1-7-4-5-10(14-11(15)8(2)13)9(6-7)12(16)17-3/h4-6,8H,13H2,1-3H3,(H,14,15)/t8-/m0/s1. The van der Waals surface area contributed by atoms with Gasteiger partial charge in [-0.1, -0.05) is 11.6 Å². The van der Waals surface area contributed by atoms with Crippen molar-refractivity contribution in [1.29, 1.82) is 0 Å². The highest BCUT2D eigenvalue weighted by molar-refractivity contribution is 6.02. The van der Waals surface area contributed by atoms with Gasteiger partial charge in [0.05, 0.1) is 24.4 Å². The van der Waals surface area contributed by atoms with Crippen molar-refractivity contribution in [2.45, 2.75) is 19.9 Å². The van der Waals surface area contributed by atoms with Crippen LogP contribution in [-0.2, 0) is 9.53 Å². The van der Waals surface area contributed by atoms with Crippen molar-refractivity contribution in [2.24, 2.45) is 5.73 Å². The first-order chi connectivity index (χ1) is 7.95. The Morgan fingerprint density at radius 2 is 2.06 bits per heavy atom. The maximum Gasteiger partial charge on any atom is 0.339 e. The van der Waals surface area contributed by atoms with E-state index in [1.54, 1.807) is 25.1 Å². The van der Waals surface area contributed by atoms with Gasteiger partial charge in [-0.2, -0.15) is 0 Å². The average Bonchev–Trinajstić information content (AvgIpc) is 2.30. The van der Waals surface area contributed by atoms with E-state index in [4.69, 9.17) is 5.73 Å². The third-order valence-electron chi connectivity index (χ3n) is 2.25. The van der Waals surface area contributed by atoms with E-state index in [1.165, 1.54) is 7.11 Å². The summed E-state index contributed by atoms with van der Waals surface area (Å²) in [5.41, 5.74) is 7.08. The normalized spacial score (nSPS) is 11.8. The molecule has 0 heterocycles. The van der Waals surface area contributed by atoms with Crippen molar-refractivity contribution < 1.29 is 14.3 Å². The molecule has 1 rings (SSSR count). The molecule has 1 amide bonds. The minimum Gasteiger partial charge on any atom is -0.465 e. The molecule has 0 saturated carbocycles. The van der Waals surface area contributed by atoms with Gasteiger partial charge < -0.3 is 15.8 Å². The highest BCUT2D eigenvalue weighted by atomic mass is 16.5. The van der Waals surface area contributed by atoms with E-state index in [-0.39, 0.29) is 5.91 Å². The van der Waals surface area contributed by atoms with Gasteiger partial charge in [0.1, 0.15) is 0 Å². The quantitative estimate of drug-likeness (QED) is 0.769. The Morgan fingerprint density at radius 1 is 1.41 bits per heavy atom. The minimum absolute atomic E-state index is 0.321. The van der Waals surface area contributed by atoms with Gasteiger partial charge >= 0.3 is 5.97 Å². The van der Waals surface area contributed by atoms with Crippen molar-refractivity contribution in [2.75, 3.05) is 12.4 Å². The third-order valence-corrected chi connectivity index (χ3v) is 2.25. The molecule has 92 valence electrons. The molecular formula is C12H16N2O3. The molecule has 1 aromatic carbocycles. The molecular weight excluding hydrogens is 220 g/mol. The predicted molar refractivity (Wildman–Crippen MR) is 64.8 cm³/mol. The molecule has 1 atom stereocenters. The van der Waals surface area contributed by atoms with E-state index < -0.39 is 12.0 Å². The lowest BCUT2D eigenvalue weighted by atomic mass is 10.1. The maximum atomic E-state index is 11.5. The largest absolute Gasteiger partial charge is 0.465 e. The number of ether oxygens (including phenoxy) is 1. The summed E-state index contributed by atoms with van der Waals surface area (Å²) >= 11 is 0. The lowest BCUT2D eigenvalue weighted by Crippen LogP contribution is -2.33. The van der Waals surface area contributed by atoms with E-state index in [1.807, 2.05) is 6.92 Å². The van der Waals surface area contributed by atoms with Crippen molar-refractivity contribution in [3.8, 4) is 0 Å². The molecule has 17 heavy (non-hydrogen) atoms. The van der Waals surface area contributed by atoms with E-state index >= 15 is 0 Å². The van der Waals surface area contributed by atoms with Gasteiger partial charge in [0.15, 0.2) is 0 Å². The van der Waals surface area contributed by atoms with Crippen LogP contribution < -0.4 is 11.1 Å². The van der Waals surface area contributed by atoms with E-state index in [0.29, 0.717) is 11.3 Å². The maximum absolute atomic E-state index is 11.5. The molecule has 0 aliphatic rings. The smallest absolute Gasteiger partial charge is 0.339 e. The molecule has 0 unspecified atom stereocenters. The van der Waals surface area contributed by atoms with Gasteiger partial charge in [0, 0.05) is 0 Å². The number of esters is 1. The van der Waals surface area contributed by atoms with E-state index in [2.05, 4.69) is 10.1 Å². The monoisotopic (exact) mass is 236 g/mol. The molecule has 3 N–H and O–H groups in total. The molecule has 0 radical (unpaired) electrons. The summed E-state index contributed by atoms with van der Waals surface area (Å²) in [6, 6.07) is 4.47. The van der Waals surface area contributed by atoms with Gasteiger partial charge in [-0.25, -0.2) is 4.79 Å². The topological polar surface area (TPSA) is 81.4 Å². The van der Waals surface area contributed by atoms with Crippen molar-refractivity contribution >= 4 is 17.6 Å². The molecule has 0 saturated heterocycles. The first kappa shape index (κ1) is 13.2. The lowest BCUT2D eigenvalue weighted by molar-refractivity contribution is -0.117. The molecule has 0 bridgehead atoms. The summed E-state index contributed by atoms with van der Waals surface area (Å²) in [7, 11) is 1.29. The van der Waals surface area contributed by atoms with Gasteiger partial charge in [0.2, 0.25) is 5.91 Å². The summed E-state index contributed by atoms with van der Waals surface area (Å²) in [5, 5.41) is 2.59. The number of aryl methyl sites for hydroxylation is 1. The highest BCUT2D eigenvalue weighted by Gasteiger charge is 2.15. The molecule has 0 aliphatic carbocycles. The summed E-state index contributed by atoms with van der Waals surface area (Å²) in [6.45, 7) is 3.42. The number of carbonyl (C=O) groups excluding carboxylic acids is 2. The molecule has 5 nitrogen and oxygen atoms in total. The SMILES string of the molecule is COC(=O)c1cc(C)ccc1NC(=O)[C@H](C)N. The Labute approximate surface area is 99.9 Å². The second-order valence-electron chi connectivity index (χ2n) is 3.82. The zero-order chi connectivity index (χ0) is 13.0. The van der Waals surface area contributed by atoms with E-state index in [9.17, 15) is 9.59 Å². The fourth-order valence-electron chi connectivity index (χ4n) is 1.29. The van der Waals surface area contributed by atoms with Crippen LogP contribution in [0.15, 0.2) is 18.2 Å². The Morgan fingerprint density at radius 3 is 2.59 bits per heavy atom. The first-order valence-corrected chi connectivity index (χ1v) is 5.21. The number of rotatable bonds is 3. The molecule has 0 spiro atoms. The number of anilines is 1. The highest BCUT2D eigenvalue weighted by Crippen LogP contribution is 2.18. The van der Waals surface area contributed by atoms with Gasteiger partial charge in [0.25, 0.3) is 0 Å². The summed E-state index contributed by atoms with van der Waals surface area (Å²) in [4.78, 5) is 23.0. The summed E-state index contributed by atoms with van der Waals surface area (Å²) in [6.07, 6.45) is 0. The first-order valence-electron chi connectivity index (χ1n) is 5.21. The van der Waals surface area contributed by atoms with Crippen LogP contribution >= 0.6 is 0 Å². The number of nitrogens with one attached hydrogen (secondary N) is 1. The zero-order valence-electron chi connectivity index (χ0n) is 10.1. The molecule has 0 aliphatic heterocycles. The average molecular weight is 236 g/mol. The van der Waals surface area contributed by atoms with Crippen molar-refractivity contribution in [1.82, 2.24) is 0 Å².